The van der Waals surface area contributed by atoms with E-state index in [1.54, 1.807) is 24.3 Å². The molecule has 0 spiro atoms. The van der Waals surface area contributed by atoms with Gasteiger partial charge < -0.3 is 4.90 Å². The number of halogens is 1. The van der Waals surface area contributed by atoms with Gasteiger partial charge in [-0.15, -0.1) is 0 Å². The van der Waals surface area contributed by atoms with E-state index in [1.165, 1.54) is 16.2 Å². The normalized spacial score (nSPS) is 17.4. The fourth-order valence-corrected chi connectivity index (χ4v) is 4.07. The molecule has 0 aromatic heterocycles. The van der Waals surface area contributed by atoms with Gasteiger partial charge >= 0.3 is 0 Å². The van der Waals surface area contributed by atoms with Crippen LogP contribution >= 0.6 is 11.6 Å². The maximum Gasteiger partial charge on any atom is 0.261 e. The van der Waals surface area contributed by atoms with Crippen molar-refractivity contribution in [1.29, 1.82) is 0 Å². The highest BCUT2D eigenvalue weighted by atomic mass is 35.5. The number of nitrogens with zero attached hydrogens (tertiary/aromatic N) is 3. The van der Waals surface area contributed by atoms with Gasteiger partial charge in [0.05, 0.1) is 11.1 Å². The predicted molar refractivity (Wildman–Crippen MR) is 116 cm³/mol. The highest BCUT2D eigenvalue weighted by Gasteiger charge is 2.34. The van der Waals surface area contributed by atoms with Gasteiger partial charge in [-0.25, -0.2) is 0 Å². The molecule has 5 nitrogen and oxygen atoms in total. The summed E-state index contributed by atoms with van der Waals surface area (Å²) in [7, 11) is 0. The zero-order valence-electron chi connectivity index (χ0n) is 16.5. The molecule has 0 radical (unpaired) electrons. The Hall–Kier alpha value is -2.63. The van der Waals surface area contributed by atoms with Gasteiger partial charge in [0.1, 0.15) is 0 Å². The largest absolute Gasteiger partial charge is 0.369 e. The SMILES string of the molecule is Cc1ccc(Cl)cc1N1CCN(CC=CCN2C(=O)c3ccccc3C2=O)CC1. The van der Waals surface area contributed by atoms with Crippen molar-refractivity contribution in [1.82, 2.24) is 9.80 Å². The van der Waals surface area contributed by atoms with E-state index in [1.807, 2.05) is 24.3 Å². The quantitative estimate of drug-likeness (QED) is 0.558. The van der Waals surface area contributed by atoms with Gasteiger partial charge in [-0.3, -0.25) is 19.4 Å². The first-order valence-corrected chi connectivity index (χ1v) is 10.3. The number of benzene rings is 2. The van der Waals surface area contributed by atoms with Gasteiger partial charge in [0.2, 0.25) is 0 Å². The lowest BCUT2D eigenvalue weighted by atomic mass is 10.1. The molecule has 1 fully saturated rings. The van der Waals surface area contributed by atoms with E-state index in [2.05, 4.69) is 22.8 Å². The number of carbonyl (C=O) groups excluding carboxylic acids is 2. The van der Waals surface area contributed by atoms with Gasteiger partial charge in [0, 0.05) is 50.0 Å². The molecule has 2 amide bonds. The van der Waals surface area contributed by atoms with Crippen molar-refractivity contribution in [3.05, 3.63) is 76.3 Å². The zero-order chi connectivity index (χ0) is 20.4. The number of hydrogen-bond acceptors (Lipinski definition) is 4. The first kappa shape index (κ1) is 19.7. The van der Waals surface area contributed by atoms with E-state index in [0.717, 1.165) is 37.7 Å². The van der Waals surface area contributed by atoms with Crippen molar-refractivity contribution in [3.8, 4) is 0 Å². The molecule has 4 rings (SSSR count). The van der Waals surface area contributed by atoms with Crippen molar-refractivity contribution in [2.45, 2.75) is 6.92 Å². The van der Waals surface area contributed by atoms with Gasteiger partial charge in [-0.2, -0.15) is 0 Å². The Labute approximate surface area is 176 Å². The Morgan fingerprint density at radius 1 is 0.897 bits per heavy atom. The van der Waals surface area contributed by atoms with Crippen LogP contribution in [0.4, 0.5) is 5.69 Å². The molecule has 0 N–H and O–H groups in total. The molecule has 0 bridgehead atoms. The molecule has 29 heavy (non-hydrogen) atoms. The maximum absolute atomic E-state index is 12.4. The minimum Gasteiger partial charge on any atom is -0.369 e. The predicted octanol–water partition coefficient (Wildman–Crippen LogP) is 3.62. The van der Waals surface area contributed by atoms with Crippen molar-refractivity contribution in [3.63, 3.8) is 0 Å². The Bertz CT molecular complexity index is 929. The summed E-state index contributed by atoms with van der Waals surface area (Å²) in [6.45, 7) is 7.06. The molecule has 2 aromatic carbocycles. The molecule has 0 unspecified atom stereocenters. The van der Waals surface area contributed by atoms with E-state index in [-0.39, 0.29) is 11.8 Å². The summed E-state index contributed by atoms with van der Waals surface area (Å²) in [6, 6.07) is 13.0. The minimum atomic E-state index is -0.208. The molecule has 1 saturated heterocycles. The molecule has 6 heteroatoms. The average Bonchev–Trinajstić information content (AvgIpc) is 2.98. The molecular weight excluding hydrogens is 386 g/mol. The summed E-state index contributed by atoms with van der Waals surface area (Å²) in [5.74, 6) is -0.415. The summed E-state index contributed by atoms with van der Waals surface area (Å²) in [5.41, 5.74) is 3.44. The highest BCUT2D eigenvalue weighted by molar-refractivity contribution is 6.30. The second-order valence-electron chi connectivity index (χ2n) is 7.46. The second kappa shape index (κ2) is 8.39. The first-order valence-electron chi connectivity index (χ1n) is 9.88. The number of rotatable bonds is 5. The number of hydrogen-bond donors (Lipinski definition) is 0. The standard InChI is InChI=1S/C23H24ClN3O2/c1-17-8-9-18(24)16-21(17)26-14-12-25(13-15-26)10-4-5-11-27-22(28)19-6-2-3-7-20(19)23(27)29/h2-9,16H,10-15H2,1H3. The lowest BCUT2D eigenvalue weighted by molar-refractivity contribution is 0.0672. The van der Waals surface area contributed by atoms with E-state index in [9.17, 15) is 9.59 Å². The fraction of sp³-hybridized carbons (Fsp3) is 0.304. The van der Waals surface area contributed by atoms with Crippen LogP contribution in [-0.2, 0) is 0 Å². The summed E-state index contributed by atoms with van der Waals surface area (Å²) >= 11 is 6.16. The van der Waals surface area contributed by atoms with Crippen LogP contribution in [-0.4, -0.2) is 60.9 Å². The van der Waals surface area contributed by atoms with Crippen molar-refractivity contribution < 1.29 is 9.59 Å². The van der Waals surface area contributed by atoms with Crippen LogP contribution in [0.1, 0.15) is 26.3 Å². The second-order valence-corrected chi connectivity index (χ2v) is 7.89. The van der Waals surface area contributed by atoms with Crippen LogP contribution in [0.15, 0.2) is 54.6 Å². The van der Waals surface area contributed by atoms with Crippen molar-refractivity contribution in [2.75, 3.05) is 44.2 Å². The highest BCUT2D eigenvalue weighted by Crippen LogP contribution is 2.25. The summed E-state index contributed by atoms with van der Waals surface area (Å²) in [5, 5.41) is 0.768. The number of anilines is 1. The molecule has 2 aromatic rings. The van der Waals surface area contributed by atoms with Gasteiger partial charge in [-0.05, 0) is 36.8 Å². The number of piperazine rings is 1. The third-order valence-corrected chi connectivity index (χ3v) is 5.82. The lowest BCUT2D eigenvalue weighted by Gasteiger charge is -2.36. The third kappa shape index (κ3) is 4.07. The van der Waals surface area contributed by atoms with E-state index in [4.69, 9.17) is 11.6 Å². The van der Waals surface area contributed by atoms with Crippen LogP contribution in [0.5, 0.6) is 0 Å². The Morgan fingerprint density at radius 2 is 1.52 bits per heavy atom. The fourth-order valence-electron chi connectivity index (χ4n) is 3.90. The first-order chi connectivity index (χ1) is 14.0. The van der Waals surface area contributed by atoms with Crippen LogP contribution < -0.4 is 4.90 Å². The number of carbonyl (C=O) groups is 2. The minimum absolute atomic E-state index is 0.208. The smallest absolute Gasteiger partial charge is 0.261 e. The van der Waals surface area contributed by atoms with E-state index in [0.29, 0.717) is 17.7 Å². The Morgan fingerprint density at radius 3 is 2.17 bits per heavy atom. The van der Waals surface area contributed by atoms with E-state index >= 15 is 0 Å². The summed E-state index contributed by atoms with van der Waals surface area (Å²) in [4.78, 5) is 30.8. The van der Waals surface area contributed by atoms with Gasteiger partial charge in [0.15, 0.2) is 0 Å². The maximum atomic E-state index is 12.4. The topological polar surface area (TPSA) is 43.9 Å². The molecule has 2 heterocycles. The average molecular weight is 410 g/mol. The molecule has 2 aliphatic rings. The summed E-state index contributed by atoms with van der Waals surface area (Å²) in [6.07, 6.45) is 3.96. The molecular formula is C23H24ClN3O2. The molecule has 0 saturated carbocycles. The molecule has 0 aliphatic carbocycles. The molecule has 150 valence electrons. The van der Waals surface area contributed by atoms with Crippen molar-refractivity contribution >= 4 is 29.1 Å². The van der Waals surface area contributed by atoms with Crippen LogP contribution in [0.2, 0.25) is 5.02 Å². The zero-order valence-corrected chi connectivity index (χ0v) is 17.2. The lowest BCUT2D eigenvalue weighted by Crippen LogP contribution is -2.46. The summed E-state index contributed by atoms with van der Waals surface area (Å²) < 4.78 is 0. The molecule has 2 aliphatic heterocycles. The van der Waals surface area contributed by atoms with Crippen LogP contribution in [0, 0.1) is 6.92 Å². The Kier molecular flexibility index (Phi) is 5.69. The number of fused-ring (bicyclic) bond motifs is 1. The van der Waals surface area contributed by atoms with E-state index < -0.39 is 0 Å². The third-order valence-electron chi connectivity index (χ3n) is 5.58. The number of amides is 2. The Balaban J connectivity index is 1.27. The molecule has 0 atom stereocenters. The monoisotopic (exact) mass is 409 g/mol. The van der Waals surface area contributed by atoms with Crippen LogP contribution in [0.3, 0.4) is 0 Å². The number of aryl methyl sites for hydroxylation is 1. The van der Waals surface area contributed by atoms with Gasteiger partial charge in [0.25, 0.3) is 11.8 Å². The number of imide groups is 1. The van der Waals surface area contributed by atoms with Crippen LogP contribution in [0.25, 0.3) is 0 Å². The van der Waals surface area contributed by atoms with Crippen molar-refractivity contribution in [2.24, 2.45) is 0 Å². The van der Waals surface area contributed by atoms with Gasteiger partial charge in [-0.1, -0.05) is 42.0 Å².